The van der Waals surface area contributed by atoms with E-state index in [-0.39, 0.29) is 34.0 Å². The number of nitrogens with zero attached hydrogens (tertiary/aromatic N) is 4. The second kappa shape index (κ2) is 15.4. The van der Waals surface area contributed by atoms with Crippen molar-refractivity contribution in [2.75, 3.05) is 26.4 Å². The molecule has 0 N–H and O–H groups in total. The van der Waals surface area contributed by atoms with Crippen LogP contribution in [0.3, 0.4) is 0 Å². The van der Waals surface area contributed by atoms with Gasteiger partial charge in [0.25, 0.3) is 0 Å². The quantitative estimate of drug-likeness (QED) is 0.140. The predicted molar refractivity (Wildman–Crippen MR) is 121 cm³/mol. The van der Waals surface area contributed by atoms with Gasteiger partial charge in [-0.05, 0) is 46.5 Å². The van der Waals surface area contributed by atoms with Crippen molar-refractivity contribution in [2.45, 2.75) is 13.1 Å². The second-order valence-electron chi connectivity index (χ2n) is 7.35. The van der Waals surface area contributed by atoms with Crippen LogP contribution >= 0.6 is 0 Å². The van der Waals surface area contributed by atoms with E-state index in [4.69, 9.17) is 9.47 Å². The van der Waals surface area contributed by atoms with Crippen molar-refractivity contribution in [2.24, 2.45) is 0 Å². The summed E-state index contributed by atoms with van der Waals surface area (Å²) in [5.74, 6) is 0. The predicted octanol–water partition coefficient (Wildman–Crippen LogP) is -2.87. The first kappa shape index (κ1) is 27.7. The highest BCUT2D eigenvalue weighted by atomic mass is 79.9. The fourth-order valence-corrected chi connectivity index (χ4v) is 3.35. The molecule has 0 radical (unpaired) electrons. The lowest BCUT2D eigenvalue weighted by Gasteiger charge is -2.04. The third kappa shape index (κ3) is 8.68. The minimum atomic E-state index is 0. The van der Waals surface area contributed by atoms with Crippen LogP contribution < -0.4 is 43.1 Å². The molecule has 0 bridgehead atoms. The highest BCUT2D eigenvalue weighted by molar-refractivity contribution is 5.61. The number of halogens is 2. The van der Waals surface area contributed by atoms with E-state index in [9.17, 15) is 0 Å². The van der Waals surface area contributed by atoms with Gasteiger partial charge in [-0.25, -0.2) is 9.13 Å². The molecule has 4 rings (SSSR count). The lowest BCUT2D eigenvalue weighted by molar-refractivity contribution is -0.699. The molecule has 0 saturated carbocycles. The Morgan fingerprint density at radius 2 is 0.794 bits per heavy atom. The summed E-state index contributed by atoms with van der Waals surface area (Å²) in [6.45, 7) is 4.15. The molecule has 0 aliphatic heterocycles. The summed E-state index contributed by atoms with van der Waals surface area (Å²) in [5.41, 5.74) is 4.71. The van der Waals surface area contributed by atoms with Gasteiger partial charge in [-0.3, -0.25) is 9.97 Å². The SMILES string of the molecule is [Br-].[Br-].c1cc(-c2cc[n+](CCOCCOCC[n+]3ccc(-c4ccncc4)cc3)cc2)ccn1. The van der Waals surface area contributed by atoms with Crippen LogP contribution in [0, 0.1) is 0 Å². The summed E-state index contributed by atoms with van der Waals surface area (Å²) < 4.78 is 15.7. The van der Waals surface area contributed by atoms with Gasteiger partial charge in [0, 0.05) is 49.1 Å². The molecule has 0 saturated heterocycles. The van der Waals surface area contributed by atoms with Crippen LogP contribution in [0.15, 0.2) is 98.1 Å². The summed E-state index contributed by atoms with van der Waals surface area (Å²) in [7, 11) is 0. The molecule has 0 atom stereocenters. The van der Waals surface area contributed by atoms with Crippen molar-refractivity contribution in [3.63, 3.8) is 0 Å². The number of pyridine rings is 4. The Morgan fingerprint density at radius 1 is 0.471 bits per heavy atom. The molecule has 4 aromatic rings. The van der Waals surface area contributed by atoms with Gasteiger partial charge in [-0.2, -0.15) is 0 Å². The van der Waals surface area contributed by atoms with E-state index in [1.54, 1.807) is 0 Å². The number of hydrogen-bond donors (Lipinski definition) is 0. The number of ether oxygens (including phenoxy) is 2. The van der Waals surface area contributed by atoms with Crippen molar-refractivity contribution < 1.29 is 52.6 Å². The monoisotopic (exact) mass is 586 g/mol. The zero-order chi connectivity index (χ0) is 21.8. The minimum Gasteiger partial charge on any atom is -1.00 e. The summed E-state index contributed by atoms with van der Waals surface area (Å²) in [6.07, 6.45) is 15.5. The molecule has 0 fully saturated rings. The maximum Gasteiger partial charge on any atom is 0.171 e. The lowest BCUT2D eigenvalue weighted by atomic mass is 10.1. The minimum absolute atomic E-state index is 0. The maximum absolute atomic E-state index is 5.70. The number of rotatable bonds is 11. The highest BCUT2D eigenvalue weighted by Crippen LogP contribution is 2.16. The summed E-state index contributed by atoms with van der Waals surface area (Å²) in [6, 6.07) is 16.5. The first-order chi connectivity index (χ1) is 15.9. The molecule has 0 aromatic carbocycles. The van der Waals surface area contributed by atoms with E-state index in [1.807, 2.05) is 49.1 Å². The maximum atomic E-state index is 5.70. The van der Waals surface area contributed by atoms with Gasteiger partial charge in [0.15, 0.2) is 37.9 Å². The largest absolute Gasteiger partial charge is 1.00 e. The lowest BCUT2D eigenvalue weighted by Crippen LogP contribution is -3.00. The van der Waals surface area contributed by atoms with Crippen LogP contribution in [0.2, 0.25) is 0 Å². The topological polar surface area (TPSA) is 52.0 Å². The van der Waals surface area contributed by atoms with Crippen LogP contribution in [0.1, 0.15) is 0 Å². The van der Waals surface area contributed by atoms with Crippen LogP contribution in [-0.4, -0.2) is 36.4 Å². The third-order valence-electron chi connectivity index (χ3n) is 5.17. The van der Waals surface area contributed by atoms with Crippen LogP contribution in [0.4, 0.5) is 0 Å². The molecule has 4 aromatic heterocycles. The van der Waals surface area contributed by atoms with Crippen LogP contribution in [0.25, 0.3) is 22.3 Å². The van der Waals surface area contributed by atoms with Gasteiger partial charge >= 0.3 is 0 Å². The molecular formula is C26H28Br2N4O2. The Bertz CT molecular complexity index is 978. The molecule has 34 heavy (non-hydrogen) atoms. The third-order valence-corrected chi connectivity index (χ3v) is 5.17. The molecule has 0 unspecified atom stereocenters. The standard InChI is InChI=1S/C26H28N4O2.2BrH/c1-9-27-10-2-23(1)25-5-13-29(14-6-25)17-19-31-21-22-32-20-18-30-15-7-26(8-16-30)24-3-11-28-12-4-24;;/h1-16H,17-22H2;2*1H/q+2;;/p-2. The zero-order valence-electron chi connectivity index (χ0n) is 18.8. The van der Waals surface area contributed by atoms with Gasteiger partial charge in [0.05, 0.1) is 13.2 Å². The van der Waals surface area contributed by atoms with Crippen molar-refractivity contribution in [1.29, 1.82) is 0 Å². The van der Waals surface area contributed by atoms with Crippen molar-refractivity contribution in [3.05, 3.63) is 98.1 Å². The molecule has 0 amide bonds. The normalized spacial score (nSPS) is 10.2. The fourth-order valence-electron chi connectivity index (χ4n) is 3.35. The smallest absolute Gasteiger partial charge is 0.171 e. The molecule has 4 heterocycles. The number of aromatic nitrogens is 4. The van der Waals surface area contributed by atoms with Gasteiger partial charge in [0.1, 0.15) is 13.2 Å². The van der Waals surface area contributed by atoms with Crippen molar-refractivity contribution in [3.8, 4) is 22.3 Å². The Kier molecular flexibility index (Phi) is 12.6. The molecule has 178 valence electrons. The van der Waals surface area contributed by atoms with Crippen molar-refractivity contribution >= 4 is 0 Å². The zero-order valence-corrected chi connectivity index (χ0v) is 22.0. The fraction of sp³-hybridized carbons (Fsp3) is 0.231. The van der Waals surface area contributed by atoms with E-state index >= 15 is 0 Å². The Labute approximate surface area is 221 Å². The Hall–Kier alpha value is -2.52. The molecule has 8 heteroatoms. The van der Waals surface area contributed by atoms with E-state index in [1.165, 1.54) is 22.3 Å². The molecule has 0 aliphatic rings. The highest BCUT2D eigenvalue weighted by Gasteiger charge is 2.04. The summed E-state index contributed by atoms with van der Waals surface area (Å²) >= 11 is 0. The average Bonchev–Trinajstić information content (AvgIpc) is 2.87. The molecule has 0 spiro atoms. The summed E-state index contributed by atoms with van der Waals surface area (Å²) in [4.78, 5) is 8.12. The second-order valence-corrected chi connectivity index (χ2v) is 7.35. The van der Waals surface area contributed by atoms with E-state index in [0.29, 0.717) is 26.4 Å². The number of hydrogen-bond acceptors (Lipinski definition) is 4. The summed E-state index contributed by atoms with van der Waals surface area (Å²) in [5, 5.41) is 0. The average molecular weight is 588 g/mol. The van der Waals surface area contributed by atoms with Crippen LogP contribution in [0.5, 0.6) is 0 Å². The van der Waals surface area contributed by atoms with E-state index in [2.05, 4.69) is 68.2 Å². The molecule has 6 nitrogen and oxygen atoms in total. The van der Waals surface area contributed by atoms with Gasteiger partial charge in [-0.15, -0.1) is 0 Å². The first-order valence-corrected chi connectivity index (χ1v) is 10.8. The van der Waals surface area contributed by atoms with E-state index < -0.39 is 0 Å². The Morgan fingerprint density at radius 3 is 1.15 bits per heavy atom. The van der Waals surface area contributed by atoms with Gasteiger partial charge in [0.2, 0.25) is 0 Å². The molecular weight excluding hydrogens is 560 g/mol. The van der Waals surface area contributed by atoms with Gasteiger partial charge < -0.3 is 43.4 Å². The van der Waals surface area contributed by atoms with Crippen molar-refractivity contribution in [1.82, 2.24) is 9.97 Å². The first-order valence-electron chi connectivity index (χ1n) is 10.8. The van der Waals surface area contributed by atoms with E-state index in [0.717, 1.165) is 13.1 Å². The molecule has 0 aliphatic carbocycles. The Balaban J connectivity index is 0.00000204. The van der Waals surface area contributed by atoms with Crippen LogP contribution in [-0.2, 0) is 22.6 Å². The van der Waals surface area contributed by atoms with Gasteiger partial charge in [-0.1, -0.05) is 0 Å².